The van der Waals surface area contributed by atoms with E-state index >= 15 is 0 Å². The minimum atomic E-state index is 0.127. The van der Waals surface area contributed by atoms with Gasteiger partial charge in [0.15, 0.2) is 0 Å². The standard InChI is InChI=1S/C20H20N2O/c23-19(22-11-8-15-13-21-10-7-18(15)22)17-12-20(17)9-3-5-14-4-1-2-6-16(14)20/h1-2,4,6-7,10,13,17H,3,5,8-9,11-12H2/t17-,20-/m0/s1. The Morgan fingerprint density at radius 3 is 3.04 bits per heavy atom. The lowest BCUT2D eigenvalue weighted by Crippen LogP contribution is -2.33. The Morgan fingerprint density at radius 2 is 2.09 bits per heavy atom. The van der Waals surface area contributed by atoms with Crippen LogP contribution in [0.2, 0.25) is 0 Å². The lowest BCUT2D eigenvalue weighted by atomic mass is 9.78. The second kappa shape index (κ2) is 4.67. The summed E-state index contributed by atoms with van der Waals surface area (Å²) in [5, 5.41) is 0. The first-order valence-corrected chi connectivity index (χ1v) is 8.62. The smallest absolute Gasteiger partial charge is 0.231 e. The monoisotopic (exact) mass is 304 g/mol. The molecule has 5 rings (SSSR count). The van der Waals surface area contributed by atoms with Crippen molar-refractivity contribution in [3.8, 4) is 0 Å². The first-order valence-electron chi connectivity index (χ1n) is 8.62. The van der Waals surface area contributed by atoms with Crippen LogP contribution in [0.3, 0.4) is 0 Å². The molecule has 2 atom stereocenters. The Bertz CT molecular complexity index is 800. The first-order chi connectivity index (χ1) is 11.3. The molecule has 3 heteroatoms. The van der Waals surface area contributed by atoms with Crippen LogP contribution in [0, 0.1) is 5.92 Å². The molecule has 0 N–H and O–H groups in total. The van der Waals surface area contributed by atoms with Crippen LogP contribution in [-0.4, -0.2) is 17.4 Å². The molecule has 3 nitrogen and oxygen atoms in total. The fraction of sp³-hybridized carbons (Fsp3) is 0.400. The third kappa shape index (κ3) is 1.82. The molecule has 1 amide bonds. The summed E-state index contributed by atoms with van der Waals surface area (Å²) >= 11 is 0. The van der Waals surface area contributed by atoms with E-state index in [0.717, 1.165) is 37.9 Å². The van der Waals surface area contributed by atoms with Crippen LogP contribution in [0.5, 0.6) is 0 Å². The number of amides is 1. The molecule has 0 unspecified atom stereocenters. The van der Waals surface area contributed by atoms with Gasteiger partial charge in [-0.3, -0.25) is 9.78 Å². The Kier molecular flexibility index (Phi) is 2.70. The van der Waals surface area contributed by atoms with Crippen molar-refractivity contribution in [2.75, 3.05) is 11.4 Å². The summed E-state index contributed by atoms with van der Waals surface area (Å²) in [6.07, 6.45) is 9.20. The van der Waals surface area contributed by atoms with Crippen molar-refractivity contribution in [2.45, 2.75) is 37.5 Å². The van der Waals surface area contributed by atoms with Gasteiger partial charge < -0.3 is 4.90 Å². The highest BCUT2D eigenvalue weighted by Gasteiger charge is 2.61. The number of hydrogen-bond donors (Lipinski definition) is 0. The van der Waals surface area contributed by atoms with E-state index in [4.69, 9.17) is 0 Å². The minimum Gasteiger partial charge on any atom is -0.311 e. The van der Waals surface area contributed by atoms with Gasteiger partial charge in [-0.2, -0.15) is 0 Å². The Balaban J connectivity index is 1.47. The fourth-order valence-electron chi connectivity index (χ4n) is 4.80. The maximum atomic E-state index is 13.2. The number of carbonyl (C=O) groups is 1. The molecule has 1 saturated carbocycles. The summed E-state index contributed by atoms with van der Waals surface area (Å²) in [4.78, 5) is 19.4. The zero-order chi connectivity index (χ0) is 15.4. The molecular weight excluding hydrogens is 284 g/mol. The number of hydrogen-bond acceptors (Lipinski definition) is 2. The molecule has 0 saturated heterocycles. The van der Waals surface area contributed by atoms with Gasteiger partial charge in [0.1, 0.15) is 0 Å². The van der Waals surface area contributed by atoms with Crippen molar-refractivity contribution in [3.05, 3.63) is 59.4 Å². The van der Waals surface area contributed by atoms with Gasteiger partial charge in [-0.25, -0.2) is 0 Å². The molecule has 0 bridgehead atoms. The molecule has 2 aliphatic carbocycles. The topological polar surface area (TPSA) is 33.2 Å². The van der Waals surface area contributed by atoms with Gasteiger partial charge in [-0.05, 0) is 54.9 Å². The number of nitrogens with zero attached hydrogens (tertiary/aromatic N) is 2. The van der Waals surface area contributed by atoms with E-state index in [-0.39, 0.29) is 11.3 Å². The van der Waals surface area contributed by atoms with Crippen molar-refractivity contribution in [1.29, 1.82) is 0 Å². The molecule has 116 valence electrons. The summed E-state index contributed by atoms with van der Waals surface area (Å²) in [5.74, 6) is 0.495. The Hall–Kier alpha value is -2.16. The summed E-state index contributed by atoms with van der Waals surface area (Å²) in [6, 6.07) is 10.7. The van der Waals surface area contributed by atoms with Gasteiger partial charge in [0.05, 0.1) is 0 Å². The number of pyridine rings is 1. The van der Waals surface area contributed by atoms with Crippen LogP contribution in [0.15, 0.2) is 42.7 Å². The molecule has 1 aromatic carbocycles. The Labute approximate surface area is 136 Å². The molecule has 2 aromatic rings. The van der Waals surface area contributed by atoms with Crippen molar-refractivity contribution in [1.82, 2.24) is 4.98 Å². The normalized spacial score (nSPS) is 27.7. The number of aromatic nitrogens is 1. The van der Waals surface area contributed by atoms with Crippen LogP contribution >= 0.6 is 0 Å². The largest absolute Gasteiger partial charge is 0.311 e. The maximum Gasteiger partial charge on any atom is 0.231 e. The highest BCUT2D eigenvalue weighted by molar-refractivity contribution is 6.00. The van der Waals surface area contributed by atoms with E-state index in [0.29, 0.717) is 5.91 Å². The van der Waals surface area contributed by atoms with Gasteiger partial charge in [-0.1, -0.05) is 24.3 Å². The average molecular weight is 304 g/mol. The van der Waals surface area contributed by atoms with Gasteiger partial charge in [0.2, 0.25) is 5.91 Å². The zero-order valence-corrected chi connectivity index (χ0v) is 13.2. The van der Waals surface area contributed by atoms with E-state index in [1.54, 1.807) is 6.20 Å². The number of anilines is 1. The van der Waals surface area contributed by atoms with Gasteiger partial charge >= 0.3 is 0 Å². The molecule has 1 aromatic heterocycles. The third-order valence-electron chi connectivity index (χ3n) is 6.04. The van der Waals surface area contributed by atoms with Crippen molar-refractivity contribution < 1.29 is 4.79 Å². The van der Waals surface area contributed by atoms with Gasteiger partial charge in [-0.15, -0.1) is 0 Å². The number of rotatable bonds is 1. The van der Waals surface area contributed by atoms with E-state index in [1.807, 2.05) is 17.2 Å². The maximum absolute atomic E-state index is 13.2. The molecule has 23 heavy (non-hydrogen) atoms. The summed E-state index contributed by atoms with van der Waals surface area (Å²) in [6.45, 7) is 0.814. The van der Waals surface area contributed by atoms with Crippen LogP contribution < -0.4 is 4.90 Å². The van der Waals surface area contributed by atoms with Crippen molar-refractivity contribution >= 4 is 11.6 Å². The van der Waals surface area contributed by atoms with Crippen LogP contribution in [0.4, 0.5) is 5.69 Å². The van der Waals surface area contributed by atoms with E-state index in [2.05, 4.69) is 29.2 Å². The van der Waals surface area contributed by atoms with Gasteiger partial charge in [0, 0.05) is 36.0 Å². The van der Waals surface area contributed by atoms with Crippen LogP contribution in [-0.2, 0) is 23.1 Å². The summed E-state index contributed by atoms with van der Waals surface area (Å²) in [7, 11) is 0. The lowest BCUT2D eigenvalue weighted by Gasteiger charge is -2.27. The van der Waals surface area contributed by atoms with Gasteiger partial charge in [0.25, 0.3) is 0 Å². The first kappa shape index (κ1) is 13.3. The number of carbonyl (C=O) groups excluding carboxylic acids is 1. The second-order valence-electron chi connectivity index (χ2n) is 7.17. The molecule has 2 heterocycles. The predicted molar refractivity (Wildman–Crippen MR) is 89.5 cm³/mol. The average Bonchev–Trinajstić information content (AvgIpc) is 3.14. The summed E-state index contributed by atoms with van der Waals surface area (Å²) in [5.41, 5.74) is 5.32. The second-order valence-corrected chi connectivity index (χ2v) is 7.17. The molecular formula is C20H20N2O. The van der Waals surface area contributed by atoms with Crippen LogP contribution in [0.1, 0.15) is 36.0 Å². The van der Waals surface area contributed by atoms with Crippen LogP contribution in [0.25, 0.3) is 0 Å². The molecule has 1 fully saturated rings. The van der Waals surface area contributed by atoms with E-state index in [1.165, 1.54) is 23.1 Å². The van der Waals surface area contributed by atoms with Crippen molar-refractivity contribution in [2.24, 2.45) is 5.92 Å². The predicted octanol–water partition coefficient (Wildman–Crippen LogP) is 3.26. The zero-order valence-electron chi connectivity index (χ0n) is 13.2. The quantitative estimate of drug-likeness (QED) is 0.810. The van der Waals surface area contributed by atoms with E-state index < -0.39 is 0 Å². The summed E-state index contributed by atoms with van der Waals surface area (Å²) < 4.78 is 0. The molecule has 0 radical (unpaired) electrons. The molecule has 3 aliphatic rings. The highest BCUT2D eigenvalue weighted by atomic mass is 16.2. The van der Waals surface area contributed by atoms with E-state index in [9.17, 15) is 4.79 Å². The SMILES string of the molecule is O=C([C@@H]1C[C@]12CCCc1ccccc12)N1CCc2cnccc21. The molecule has 1 spiro atoms. The number of benzene rings is 1. The Morgan fingerprint density at radius 1 is 1.17 bits per heavy atom. The minimum absolute atomic E-state index is 0.127. The number of aryl methyl sites for hydroxylation is 1. The number of fused-ring (bicyclic) bond motifs is 3. The lowest BCUT2D eigenvalue weighted by molar-refractivity contribution is -0.120. The highest BCUT2D eigenvalue weighted by Crippen LogP contribution is 2.61. The van der Waals surface area contributed by atoms with Crippen molar-refractivity contribution in [3.63, 3.8) is 0 Å². The third-order valence-corrected chi connectivity index (χ3v) is 6.04. The fourth-order valence-corrected chi connectivity index (χ4v) is 4.80. The molecule has 1 aliphatic heterocycles.